The second-order valence-electron chi connectivity index (χ2n) is 6.66. The zero-order valence-corrected chi connectivity index (χ0v) is 16.9. The number of benzene rings is 3. The van der Waals surface area contributed by atoms with Gasteiger partial charge in [-0.05, 0) is 66.2 Å². The van der Waals surface area contributed by atoms with Gasteiger partial charge >= 0.3 is 0 Å². The lowest BCUT2D eigenvalue weighted by Crippen LogP contribution is -2.13. The van der Waals surface area contributed by atoms with Crippen LogP contribution in [0.15, 0.2) is 66.7 Å². The van der Waals surface area contributed by atoms with Crippen molar-refractivity contribution in [2.24, 2.45) is 0 Å². The summed E-state index contributed by atoms with van der Waals surface area (Å²) in [4.78, 5) is 25.0. The maximum atomic E-state index is 12.4. The molecule has 5 nitrogen and oxygen atoms in total. The largest absolute Gasteiger partial charge is 0.456 e. The number of ether oxygens (including phenoxy) is 1. The van der Waals surface area contributed by atoms with Crippen LogP contribution in [-0.2, 0) is 11.2 Å². The molecular weight excluding hydrogens is 388 g/mol. The van der Waals surface area contributed by atoms with E-state index >= 15 is 0 Å². The molecule has 0 fully saturated rings. The third-order valence-corrected chi connectivity index (χ3v) is 4.60. The molecule has 0 spiro atoms. The average Bonchev–Trinajstić information content (AvgIpc) is 2.71. The standard InChI is InChI=1S/C23H21ClN2O3/c1-26(2)19-8-4-17(5-9-19)23(28)25-18-6-10-20(11-7-18)29-22-12-3-16(13-14-27)15-21(22)24/h3-12,14-15H,13H2,1-2H3,(H,25,28). The Hall–Kier alpha value is -3.31. The first-order valence-corrected chi connectivity index (χ1v) is 9.43. The van der Waals surface area contributed by atoms with Gasteiger partial charge in [0.05, 0.1) is 5.02 Å². The molecule has 3 aromatic carbocycles. The van der Waals surface area contributed by atoms with E-state index < -0.39 is 0 Å². The van der Waals surface area contributed by atoms with E-state index in [0.717, 1.165) is 17.5 Å². The number of amides is 1. The van der Waals surface area contributed by atoms with Crippen molar-refractivity contribution >= 4 is 35.2 Å². The molecule has 0 aromatic heterocycles. The lowest BCUT2D eigenvalue weighted by Gasteiger charge is -2.13. The van der Waals surface area contributed by atoms with Crippen LogP contribution in [0.1, 0.15) is 15.9 Å². The molecule has 3 aromatic rings. The van der Waals surface area contributed by atoms with Crippen LogP contribution in [-0.4, -0.2) is 26.3 Å². The number of anilines is 2. The minimum Gasteiger partial charge on any atom is -0.456 e. The Morgan fingerprint density at radius 1 is 1.03 bits per heavy atom. The van der Waals surface area contributed by atoms with Crippen molar-refractivity contribution in [3.63, 3.8) is 0 Å². The fourth-order valence-electron chi connectivity index (χ4n) is 2.70. The first-order valence-electron chi connectivity index (χ1n) is 9.05. The molecule has 0 saturated carbocycles. The van der Waals surface area contributed by atoms with Crippen molar-refractivity contribution < 1.29 is 14.3 Å². The lowest BCUT2D eigenvalue weighted by atomic mass is 10.1. The molecule has 0 radical (unpaired) electrons. The van der Waals surface area contributed by atoms with Crippen molar-refractivity contribution in [3.05, 3.63) is 82.9 Å². The fourth-order valence-corrected chi connectivity index (χ4v) is 2.94. The smallest absolute Gasteiger partial charge is 0.255 e. The van der Waals surface area contributed by atoms with Gasteiger partial charge in [0.15, 0.2) is 0 Å². The molecule has 148 valence electrons. The molecule has 1 amide bonds. The van der Waals surface area contributed by atoms with Crippen molar-refractivity contribution in [2.75, 3.05) is 24.3 Å². The van der Waals surface area contributed by atoms with Crippen LogP contribution in [0.2, 0.25) is 5.02 Å². The number of hydrogen-bond acceptors (Lipinski definition) is 4. The van der Waals surface area contributed by atoms with Gasteiger partial charge in [-0.2, -0.15) is 0 Å². The molecule has 0 atom stereocenters. The van der Waals surface area contributed by atoms with Gasteiger partial charge in [0, 0.05) is 37.5 Å². The monoisotopic (exact) mass is 408 g/mol. The highest BCUT2D eigenvalue weighted by Crippen LogP contribution is 2.30. The van der Waals surface area contributed by atoms with Gasteiger partial charge in [0.1, 0.15) is 17.8 Å². The van der Waals surface area contributed by atoms with Gasteiger partial charge in [-0.3, -0.25) is 4.79 Å². The van der Waals surface area contributed by atoms with E-state index in [4.69, 9.17) is 16.3 Å². The molecule has 0 unspecified atom stereocenters. The van der Waals surface area contributed by atoms with Gasteiger partial charge in [0.25, 0.3) is 5.91 Å². The number of carbonyl (C=O) groups excluding carboxylic acids is 2. The third kappa shape index (κ3) is 5.36. The van der Waals surface area contributed by atoms with Crippen molar-refractivity contribution in [1.29, 1.82) is 0 Å². The van der Waals surface area contributed by atoms with E-state index in [1.165, 1.54) is 0 Å². The molecule has 0 saturated heterocycles. The zero-order valence-electron chi connectivity index (χ0n) is 16.2. The molecule has 0 aliphatic heterocycles. The maximum Gasteiger partial charge on any atom is 0.255 e. The summed E-state index contributed by atoms with van der Waals surface area (Å²) in [7, 11) is 3.90. The summed E-state index contributed by atoms with van der Waals surface area (Å²) in [5, 5.41) is 3.30. The van der Waals surface area contributed by atoms with Crippen LogP contribution in [0, 0.1) is 0 Å². The highest BCUT2D eigenvalue weighted by atomic mass is 35.5. The first-order chi connectivity index (χ1) is 14.0. The van der Waals surface area contributed by atoms with Crippen LogP contribution in [0.3, 0.4) is 0 Å². The summed E-state index contributed by atoms with van der Waals surface area (Å²) in [5.41, 5.74) is 3.10. The lowest BCUT2D eigenvalue weighted by molar-refractivity contribution is -0.107. The number of hydrogen-bond donors (Lipinski definition) is 1. The molecule has 1 N–H and O–H groups in total. The Labute approximate surface area is 174 Å². The van der Waals surface area contributed by atoms with E-state index in [2.05, 4.69) is 5.32 Å². The van der Waals surface area contributed by atoms with E-state index in [9.17, 15) is 9.59 Å². The molecule has 0 heterocycles. The summed E-state index contributed by atoms with van der Waals surface area (Å²) in [6, 6.07) is 19.6. The zero-order chi connectivity index (χ0) is 20.8. The predicted molar refractivity (Wildman–Crippen MR) is 116 cm³/mol. The third-order valence-electron chi connectivity index (χ3n) is 4.30. The van der Waals surface area contributed by atoms with E-state index in [0.29, 0.717) is 34.2 Å². The van der Waals surface area contributed by atoms with Gasteiger partial charge in [-0.15, -0.1) is 0 Å². The van der Waals surface area contributed by atoms with E-state index in [1.54, 1.807) is 54.6 Å². The Kier molecular flexibility index (Phi) is 6.52. The summed E-state index contributed by atoms with van der Waals surface area (Å²) in [5.74, 6) is 0.903. The number of aldehydes is 1. The minimum absolute atomic E-state index is 0.183. The van der Waals surface area contributed by atoms with Gasteiger partial charge in [-0.25, -0.2) is 0 Å². The molecule has 6 heteroatoms. The quantitative estimate of drug-likeness (QED) is 0.546. The second-order valence-corrected chi connectivity index (χ2v) is 7.06. The Morgan fingerprint density at radius 3 is 2.31 bits per heavy atom. The molecule has 3 rings (SSSR count). The first kappa shape index (κ1) is 20.4. The van der Waals surface area contributed by atoms with Crippen molar-refractivity contribution in [2.45, 2.75) is 6.42 Å². The Balaban J connectivity index is 1.64. The Bertz CT molecular complexity index is 1000. The van der Waals surface area contributed by atoms with Crippen molar-refractivity contribution in [1.82, 2.24) is 0 Å². The molecular formula is C23H21ClN2O3. The number of rotatable bonds is 7. The second kappa shape index (κ2) is 9.26. The molecule has 0 bridgehead atoms. The van der Waals surface area contributed by atoms with Crippen LogP contribution in [0.25, 0.3) is 0 Å². The number of nitrogens with zero attached hydrogens (tertiary/aromatic N) is 1. The van der Waals surface area contributed by atoms with Gasteiger partial charge in [-0.1, -0.05) is 17.7 Å². The molecule has 0 aliphatic rings. The Morgan fingerprint density at radius 2 is 1.72 bits per heavy atom. The fraction of sp³-hybridized carbons (Fsp3) is 0.130. The predicted octanol–water partition coefficient (Wildman–Crippen LogP) is 5.19. The number of carbonyl (C=O) groups is 2. The maximum absolute atomic E-state index is 12.4. The topological polar surface area (TPSA) is 58.6 Å². The van der Waals surface area contributed by atoms with Crippen LogP contribution < -0.4 is 15.0 Å². The summed E-state index contributed by atoms with van der Waals surface area (Å²) < 4.78 is 5.78. The van der Waals surface area contributed by atoms with Crippen LogP contribution in [0.4, 0.5) is 11.4 Å². The summed E-state index contributed by atoms with van der Waals surface area (Å²) in [6.07, 6.45) is 1.14. The highest BCUT2D eigenvalue weighted by Gasteiger charge is 2.08. The van der Waals surface area contributed by atoms with E-state index in [1.807, 2.05) is 31.1 Å². The SMILES string of the molecule is CN(C)c1ccc(C(=O)Nc2ccc(Oc3ccc(CC=O)cc3Cl)cc2)cc1. The minimum atomic E-state index is -0.183. The highest BCUT2D eigenvalue weighted by molar-refractivity contribution is 6.32. The van der Waals surface area contributed by atoms with Crippen LogP contribution in [0.5, 0.6) is 11.5 Å². The van der Waals surface area contributed by atoms with E-state index in [-0.39, 0.29) is 5.91 Å². The summed E-state index contributed by atoms with van der Waals surface area (Å²) in [6.45, 7) is 0. The number of halogens is 1. The van der Waals surface area contributed by atoms with Gasteiger partial charge in [0.2, 0.25) is 0 Å². The normalized spacial score (nSPS) is 10.3. The molecule has 0 aliphatic carbocycles. The summed E-state index contributed by atoms with van der Waals surface area (Å²) >= 11 is 6.21. The number of nitrogens with one attached hydrogen (secondary N) is 1. The average molecular weight is 409 g/mol. The van der Waals surface area contributed by atoms with Crippen LogP contribution >= 0.6 is 11.6 Å². The molecule has 29 heavy (non-hydrogen) atoms. The van der Waals surface area contributed by atoms with Gasteiger partial charge < -0.3 is 19.7 Å². The van der Waals surface area contributed by atoms with Crippen molar-refractivity contribution in [3.8, 4) is 11.5 Å².